The number of fused-ring (bicyclic) bond motifs is 1. The summed E-state index contributed by atoms with van der Waals surface area (Å²) in [6.07, 6.45) is 5.00. The van der Waals surface area contributed by atoms with Crippen LogP contribution >= 0.6 is 11.8 Å². The molecule has 3 aromatic rings. The first-order valence-electron chi connectivity index (χ1n) is 10.7. The molecule has 0 unspecified atom stereocenters. The van der Waals surface area contributed by atoms with Gasteiger partial charge < -0.3 is 19.5 Å². The zero-order chi connectivity index (χ0) is 22.8. The van der Waals surface area contributed by atoms with E-state index >= 15 is 0 Å². The number of ether oxygens (including phenoxy) is 3. The highest BCUT2D eigenvalue weighted by Gasteiger charge is 2.36. The topological polar surface area (TPSA) is 74.6 Å². The smallest absolute Gasteiger partial charge is 0.269 e. The fourth-order valence-corrected chi connectivity index (χ4v) is 4.92. The molecular weight excluding hydrogens is 445 g/mol. The number of nitrogens with zero attached hydrogens (tertiary/aromatic N) is 2. The van der Waals surface area contributed by atoms with Crippen molar-refractivity contribution in [2.24, 2.45) is 0 Å². The van der Waals surface area contributed by atoms with Gasteiger partial charge in [0.1, 0.15) is 11.5 Å². The summed E-state index contributed by atoms with van der Waals surface area (Å²) in [5, 5.41) is 3.78. The van der Waals surface area contributed by atoms with Gasteiger partial charge in [0.05, 0.1) is 6.20 Å². The van der Waals surface area contributed by atoms with Crippen LogP contribution in [0, 0.1) is 5.82 Å². The van der Waals surface area contributed by atoms with Gasteiger partial charge in [-0.2, -0.15) is 0 Å². The Morgan fingerprint density at radius 2 is 1.91 bits per heavy atom. The van der Waals surface area contributed by atoms with Crippen molar-refractivity contribution in [3.8, 4) is 17.2 Å². The summed E-state index contributed by atoms with van der Waals surface area (Å²) < 4.78 is 31.8. The molecule has 172 valence electrons. The molecule has 0 atom stereocenters. The molecule has 1 amide bonds. The van der Waals surface area contributed by atoms with Crippen molar-refractivity contribution >= 4 is 17.7 Å². The van der Waals surface area contributed by atoms with Gasteiger partial charge in [0, 0.05) is 30.9 Å². The maximum Gasteiger partial charge on any atom is 0.269 e. The average molecular weight is 470 g/mol. The first kappa shape index (κ1) is 21.8. The Labute approximate surface area is 195 Å². The van der Waals surface area contributed by atoms with Gasteiger partial charge >= 0.3 is 0 Å². The van der Waals surface area contributed by atoms with E-state index in [1.54, 1.807) is 22.9 Å². The second kappa shape index (κ2) is 9.07. The van der Waals surface area contributed by atoms with E-state index in [1.165, 1.54) is 23.9 Å². The molecule has 0 spiro atoms. The molecule has 1 N–H and O–H groups in total. The van der Waals surface area contributed by atoms with Crippen LogP contribution < -0.4 is 14.8 Å². The number of hydrogen-bond acceptors (Lipinski definition) is 6. The van der Waals surface area contributed by atoms with E-state index in [4.69, 9.17) is 14.2 Å². The van der Waals surface area contributed by atoms with E-state index in [-0.39, 0.29) is 23.9 Å². The van der Waals surface area contributed by atoms with Gasteiger partial charge in [0.2, 0.25) is 6.79 Å². The number of halogens is 1. The van der Waals surface area contributed by atoms with Crippen LogP contribution in [0.5, 0.6) is 11.5 Å². The maximum absolute atomic E-state index is 13.4. The molecular formula is C24H24FN3O4S. The number of rotatable bonds is 6. The van der Waals surface area contributed by atoms with Gasteiger partial charge in [-0.3, -0.25) is 9.36 Å². The van der Waals surface area contributed by atoms with Crippen LogP contribution in [0.4, 0.5) is 4.39 Å². The lowest BCUT2D eigenvalue weighted by Gasteiger charge is -2.38. The van der Waals surface area contributed by atoms with E-state index in [2.05, 4.69) is 10.3 Å². The lowest BCUT2D eigenvalue weighted by Crippen LogP contribution is -2.44. The van der Waals surface area contributed by atoms with E-state index in [1.807, 2.05) is 24.5 Å². The van der Waals surface area contributed by atoms with E-state index in [0.717, 1.165) is 29.9 Å². The number of imidazole rings is 1. The summed E-state index contributed by atoms with van der Waals surface area (Å²) in [5.41, 5.74) is 1.89. The number of thioether (sulfide) groups is 1. The summed E-state index contributed by atoms with van der Waals surface area (Å²) in [7, 11) is 0. The summed E-state index contributed by atoms with van der Waals surface area (Å²) in [6, 6.07) is 12.0. The summed E-state index contributed by atoms with van der Waals surface area (Å²) in [4.78, 5) is 17.7. The Morgan fingerprint density at radius 1 is 1.15 bits per heavy atom. The minimum Gasteiger partial charge on any atom is -0.454 e. The van der Waals surface area contributed by atoms with Crippen molar-refractivity contribution in [1.82, 2.24) is 14.9 Å². The van der Waals surface area contributed by atoms with Gasteiger partial charge in [-0.1, -0.05) is 17.8 Å². The molecule has 0 aliphatic carbocycles. The molecule has 0 bridgehead atoms. The Kier molecular flexibility index (Phi) is 5.99. The maximum atomic E-state index is 13.4. The van der Waals surface area contributed by atoms with Crippen molar-refractivity contribution in [3.05, 3.63) is 65.7 Å². The first-order valence-corrected chi connectivity index (χ1v) is 12.0. The lowest BCUT2D eigenvalue weighted by atomic mass is 9.74. The van der Waals surface area contributed by atoms with Gasteiger partial charge in [-0.05, 0) is 61.1 Å². The van der Waals surface area contributed by atoms with E-state index in [0.29, 0.717) is 36.3 Å². The van der Waals surface area contributed by atoms with Gasteiger partial charge in [0.15, 0.2) is 16.7 Å². The lowest BCUT2D eigenvalue weighted by molar-refractivity contribution is 0.0486. The van der Waals surface area contributed by atoms with Gasteiger partial charge in [0.25, 0.3) is 5.91 Å². The van der Waals surface area contributed by atoms with Crippen LogP contribution in [0.3, 0.4) is 0 Å². The Hall–Kier alpha value is -3.04. The normalized spacial score (nSPS) is 16.5. The molecule has 33 heavy (non-hydrogen) atoms. The number of nitrogens with one attached hydrogen (secondary N) is 1. The molecule has 2 aromatic carbocycles. The number of aromatic nitrogens is 2. The molecule has 1 aromatic heterocycles. The van der Waals surface area contributed by atoms with Gasteiger partial charge in [-0.15, -0.1) is 0 Å². The van der Waals surface area contributed by atoms with Crippen LogP contribution in [-0.2, 0) is 10.2 Å². The fourth-order valence-electron chi connectivity index (χ4n) is 4.37. The molecule has 1 fully saturated rings. The summed E-state index contributed by atoms with van der Waals surface area (Å²) >= 11 is 1.42. The van der Waals surface area contributed by atoms with Crippen LogP contribution in [0.2, 0.25) is 0 Å². The zero-order valence-corrected chi connectivity index (χ0v) is 19.0. The second-order valence-electron chi connectivity index (χ2n) is 8.09. The van der Waals surface area contributed by atoms with Gasteiger partial charge in [-0.25, -0.2) is 9.37 Å². The van der Waals surface area contributed by atoms with Crippen molar-refractivity contribution < 1.29 is 23.4 Å². The molecule has 3 heterocycles. The Balaban J connectivity index is 1.41. The van der Waals surface area contributed by atoms with E-state index < -0.39 is 0 Å². The third kappa shape index (κ3) is 4.18. The SMILES string of the molecule is CSc1ncc(C(=O)NCC2(c3ccc4c(c3)OCO4)CCOCC2)n1-c1ccc(F)cc1. The Morgan fingerprint density at radius 3 is 2.67 bits per heavy atom. The molecule has 2 aliphatic heterocycles. The number of carbonyl (C=O) groups is 1. The highest BCUT2D eigenvalue weighted by atomic mass is 32.2. The van der Waals surface area contributed by atoms with Crippen LogP contribution in [-0.4, -0.2) is 48.3 Å². The average Bonchev–Trinajstić information content (AvgIpc) is 3.50. The first-order chi connectivity index (χ1) is 16.1. The monoisotopic (exact) mass is 469 g/mol. The van der Waals surface area contributed by atoms with E-state index in [9.17, 15) is 9.18 Å². The molecule has 5 rings (SSSR count). The minimum atomic E-state index is -0.333. The molecule has 2 aliphatic rings. The molecule has 7 nitrogen and oxygen atoms in total. The van der Waals surface area contributed by atoms with Crippen LogP contribution in [0.1, 0.15) is 28.9 Å². The molecule has 9 heteroatoms. The molecule has 1 saturated heterocycles. The highest BCUT2D eigenvalue weighted by Crippen LogP contribution is 2.40. The highest BCUT2D eigenvalue weighted by molar-refractivity contribution is 7.98. The van der Waals surface area contributed by atoms with Crippen LogP contribution in [0.15, 0.2) is 53.8 Å². The predicted octanol–water partition coefficient (Wildman–Crippen LogP) is 3.94. The summed E-state index contributed by atoms with van der Waals surface area (Å²) in [5.74, 6) is 0.890. The van der Waals surface area contributed by atoms with Crippen molar-refractivity contribution in [2.45, 2.75) is 23.4 Å². The third-order valence-corrected chi connectivity index (χ3v) is 6.90. The molecule has 0 saturated carbocycles. The Bertz CT molecular complexity index is 1160. The van der Waals surface area contributed by atoms with Crippen LogP contribution in [0.25, 0.3) is 5.69 Å². The second-order valence-corrected chi connectivity index (χ2v) is 8.86. The largest absolute Gasteiger partial charge is 0.454 e. The standard InChI is InChI=1S/C24H24FN3O4S/c1-33-23-26-13-19(28(23)18-5-3-17(25)4-6-18)22(29)27-14-24(8-10-30-11-9-24)16-2-7-20-21(12-16)32-15-31-20/h2-7,12-13H,8-11,14-15H2,1H3,(H,27,29). The van der Waals surface area contributed by atoms with Crippen molar-refractivity contribution in [3.63, 3.8) is 0 Å². The fraction of sp³-hybridized carbons (Fsp3) is 0.333. The third-order valence-electron chi connectivity index (χ3n) is 6.25. The predicted molar refractivity (Wildman–Crippen MR) is 122 cm³/mol. The van der Waals surface area contributed by atoms with Crippen molar-refractivity contribution in [1.29, 1.82) is 0 Å². The minimum absolute atomic E-state index is 0.219. The number of hydrogen-bond donors (Lipinski definition) is 1. The van der Waals surface area contributed by atoms with Crippen molar-refractivity contribution in [2.75, 3.05) is 32.8 Å². The summed E-state index contributed by atoms with van der Waals surface area (Å²) in [6.45, 7) is 1.90. The molecule has 0 radical (unpaired) electrons. The number of amides is 1. The zero-order valence-electron chi connectivity index (χ0n) is 18.2. The quantitative estimate of drug-likeness (QED) is 0.552. The number of carbonyl (C=O) groups excluding carboxylic acids is 1. The number of benzene rings is 2.